The molecule has 0 fully saturated rings. The lowest BCUT2D eigenvalue weighted by molar-refractivity contribution is 1.10. The van der Waals surface area contributed by atoms with E-state index in [2.05, 4.69) is 34.2 Å². The molecule has 2 aromatic heterocycles. The summed E-state index contributed by atoms with van der Waals surface area (Å²) < 4.78 is 0. The Hall–Kier alpha value is -2.14. The average molecular weight is 256 g/mol. The van der Waals surface area contributed by atoms with Crippen LogP contribution in [0.3, 0.4) is 0 Å². The SMILES string of the molecule is Cc1sc(-c2cn[nH]c2N)nc1-c1ccccc1. The number of nitrogens with two attached hydrogens (primary N) is 1. The molecule has 0 amide bonds. The summed E-state index contributed by atoms with van der Waals surface area (Å²) in [6, 6.07) is 10.1. The van der Waals surface area contributed by atoms with Gasteiger partial charge in [-0.05, 0) is 6.92 Å². The average Bonchev–Trinajstić information content (AvgIpc) is 2.96. The molecule has 4 nitrogen and oxygen atoms in total. The number of hydrogen-bond donors (Lipinski definition) is 2. The second-order valence-corrected chi connectivity index (χ2v) is 5.19. The summed E-state index contributed by atoms with van der Waals surface area (Å²) in [6.07, 6.45) is 1.71. The Kier molecular flexibility index (Phi) is 2.60. The van der Waals surface area contributed by atoms with Crippen LogP contribution in [0, 0.1) is 6.92 Å². The molecule has 90 valence electrons. The molecule has 0 saturated carbocycles. The summed E-state index contributed by atoms with van der Waals surface area (Å²) in [6.45, 7) is 2.07. The Labute approximate surface area is 109 Å². The Bertz CT molecular complexity index is 669. The van der Waals surface area contributed by atoms with Crippen molar-refractivity contribution in [1.29, 1.82) is 0 Å². The van der Waals surface area contributed by atoms with Crippen LogP contribution in [0.15, 0.2) is 36.5 Å². The van der Waals surface area contributed by atoms with Gasteiger partial charge in [0.05, 0.1) is 17.5 Å². The fraction of sp³-hybridized carbons (Fsp3) is 0.0769. The van der Waals surface area contributed by atoms with Crippen molar-refractivity contribution in [1.82, 2.24) is 15.2 Å². The molecule has 18 heavy (non-hydrogen) atoms. The number of aromatic amines is 1. The Morgan fingerprint density at radius 2 is 2.00 bits per heavy atom. The molecule has 3 aromatic rings. The number of aryl methyl sites for hydroxylation is 1. The second kappa shape index (κ2) is 4.27. The van der Waals surface area contributed by atoms with Crippen molar-refractivity contribution < 1.29 is 0 Å². The van der Waals surface area contributed by atoms with Crippen LogP contribution in [0.25, 0.3) is 21.8 Å². The minimum Gasteiger partial charge on any atom is -0.383 e. The van der Waals surface area contributed by atoms with Gasteiger partial charge in [0.15, 0.2) is 0 Å². The normalized spacial score (nSPS) is 10.7. The quantitative estimate of drug-likeness (QED) is 0.740. The topological polar surface area (TPSA) is 67.6 Å². The Morgan fingerprint density at radius 1 is 1.22 bits per heavy atom. The maximum Gasteiger partial charge on any atom is 0.129 e. The van der Waals surface area contributed by atoms with Gasteiger partial charge in [-0.1, -0.05) is 30.3 Å². The number of H-pyrrole nitrogens is 1. The smallest absolute Gasteiger partial charge is 0.129 e. The van der Waals surface area contributed by atoms with E-state index in [-0.39, 0.29) is 0 Å². The van der Waals surface area contributed by atoms with Crippen molar-refractivity contribution in [2.75, 3.05) is 5.73 Å². The van der Waals surface area contributed by atoms with E-state index in [0.29, 0.717) is 5.82 Å². The number of thiazole rings is 1. The van der Waals surface area contributed by atoms with E-state index in [0.717, 1.165) is 21.8 Å². The van der Waals surface area contributed by atoms with Gasteiger partial charge in [-0.15, -0.1) is 11.3 Å². The fourth-order valence-corrected chi connectivity index (χ4v) is 2.80. The first-order valence-electron chi connectivity index (χ1n) is 5.58. The van der Waals surface area contributed by atoms with Crippen molar-refractivity contribution in [2.45, 2.75) is 6.92 Å². The summed E-state index contributed by atoms with van der Waals surface area (Å²) in [5.74, 6) is 0.559. The molecule has 3 rings (SSSR count). The van der Waals surface area contributed by atoms with Gasteiger partial charge in [-0.3, -0.25) is 5.10 Å². The molecule has 0 bridgehead atoms. The summed E-state index contributed by atoms with van der Waals surface area (Å²) >= 11 is 1.63. The predicted octanol–water partition coefficient (Wildman–Crippen LogP) is 3.09. The third-order valence-electron chi connectivity index (χ3n) is 2.74. The number of nitrogen functional groups attached to an aromatic ring is 1. The number of anilines is 1. The molecule has 1 aromatic carbocycles. The van der Waals surface area contributed by atoms with Crippen molar-refractivity contribution >= 4 is 17.2 Å². The number of rotatable bonds is 2. The molecule has 5 heteroatoms. The summed E-state index contributed by atoms with van der Waals surface area (Å²) in [4.78, 5) is 5.84. The van der Waals surface area contributed by atoms with Crippen LogP contribution in [0.1, 0.15) is 4.88 Å². The van der Waals surface area contributed by atoms with Crippen LogP contribution in [0.5, 0.6) is 0 Å². The third-order valence-corrected chi connectivity index (χ3v) is 3.75. The van der Waals surface area contributed by atoms with E-state index in [1.165, 1.54) is 4.88 Å². The van der Waals surface area contributed by atoms with Crippen LogP contribution in [-0.2, 0) is 0 Å². The minimum absolute atomic E-state index is 0.559. The highest BCUT2D eigenvalue weighted by Crippen LogP contribution is 2.34. The maximum absolute atomic E-state index is 5.82. The molecule has 3 N–H and O–H groups in total. The molecule has 0 aliphatic carbocycles. The number of nitrogens with one attached hydrogen (secondary N) is 1. The van der Waals surface area contributed by atoms with E-state index in [9.17, 15) is 0 Å². The van der Waals surface area contributed by atoms with Crippen molar-refractivity contribution in [3.8, 4) is 21.8 Å². The zero-order valence-electron chi connectivity index (χ0n) is 9.84. The van der Waals surface area contributed by atoms with Gasteiger partial charge in [-0.25, -0.2) is 4.98 Å². The van der Waals surface area contributed by atoms with Crippen LogP contribution in [0.2, 0.25) is 0 Å². The van der Waals surface area contributed by atoms with Crippen LogP contribution in [0.4, 0.5) is 5.82 Å². The van der Waals surface area contributed by atoms with Crippen LogP contribution < -0.4 is 5.73 Å². The molecule has 0 saturated heterocycles. The number of aromatic nitrogens is 3. The molecule has 0 unspecified atom stereocenters. The van der Waals surface area contributed by atoms with E-state index >= 15 is 0 Å². The first kappa shape index (κ1) is 11.0. The van der Waals surface area contributed by atoms with Crippen molar-refractivity contribution in [3.05, 3.63) is 41.4 Å². The summed E-state index contributed by atoms with van der Waals surface area (Å²) in [7, 11) is 0. The van der Waals surface area contributed by atoms with E-state index < -0.39 is 0 Å². The van der Waals surface area contributed by atoms with Crippen molar-refractivity contribution in [2.24, 2.45) is 0 Å². The van der Waals surface area contributed by atoms with Gasteiger partial charge < -0.3 is 5.73 Å². The largest absolute Gasteiger partial charge is 0.383 e. The van der Waals surface area contributed by atoms with Gasteiger partial charge in [0.25, 0.3) is 0 Å². The lowest BCUT2D eigenvalue weighted by Crippen LogP contribution is -1.87. The lowest BCUT2D eigenvalue weighted by Gasteiger charge is -1.96. The molecular formula is C13H12N4S. The Balaban J connectivity index is 2.10. The van der Waals surface area contributed by atoms with Gasteiger partial charge >= 0.3 is 0 Å². The molecule has 0 aliphatic rings. The van der Waals surface area contributed by atoms with Crippen LogP contribution >= 0.6 is 11.3 Å². The van der Waals surface area contributed by atoms with Gasteiger partial charge in [0.1, 0.15) is 10.8 Å². The maximum atomic E-state index is 5.82. The van der Waals surface area contributed by atoms with Crippen molar-refractivity contribution in [3.63, 3.8) is 0 Å². The van der Waals surface area contributed by atoms with Gasteiger partial charge in [0, 0.05) is 10.4 Å². The molecule has 2 heterocycles. The van der Waals surface area contributed by atoms with E-state index in [1.54, 1.807) is 17.5 Å². The zero-order chi connectivity index (χ0) is 12.5. The van der Waals surface area contributed by atoms with Gasteiger partial charge in [0.2, 0.25) is 0 Å². The predicted molar refractivity (Wildman–Crippen MR) is 74.3 cm³/mol. The zero-order valence-corrected chi connectivity index (χ0v) is 10.7. The van der Waals surface area contributed by atoms with E-state index in [4.69, 9.17) is 5.73 Å². The Morgan fingerprint density at radius 3 is 2.67 bits per heavy atom. The second-order valence-electron chi connectivity index (χ2n) is 3.99. The summed E-state index contributed by atoms with van der Waals surface area (Å²) in [5, 5.41) is 7.56. The number of hydrogen-bond acceptors (Lipinski definition) is 4. The highest BCUT2D eigenvalue weighted by atomic mass is 32.1. The van der Waals surface area contributed by atoms with Gasteiger partial charge in [-0.2, -0.15) is 5.10 Å². The number of benzene rings is 1. The molecule has 0 spiro atoms. The first-order chi connectivity index (χ1) is 8.75. The highest BCUT2D eigenvalue weighted by Gasteiger charge is 2.13. The standard InChI is InChI=1S/C13H12N4S/c1-8-11(9-5-3-2-4-6-9)16-13(18-8)10-7-15-17-12(10)14/h2-7H,1H3,(H3,14,15,17). The van der Waals surface area contributed by atoms with Crippen LogP contribution in [-0.4, -0.2) is 15.2 Å². The van der Waals surface area contributed by atoms with E-state index in [1.807, 2.05) is 18.2 Å². The lowest BCUT2D eigenvalue weighted by atomic mass is 10.1. The fourth-order valence-electron chi connectivity index (χ4n) is 1.84. The molecule has 0 aliphatic heterocycles. The first-order valence-corrected chi connectivity index (χ1v) is 6.39. The molecule has 0 radical (unpaired) electrons. The minimum atomic E-state index is 0.559. The monoisotopic (exact) mass is 256 g/mol. The highest BCUT2D eigenvalue weighted by molar-refractivity contribution is 7.15. The number of nitrogens with zero attached hydrogens (tertiary/aromatic N) is 2. The third kappa shape index (κ3) is 1.78. The summed E-state index contributed by atoms with van der Waals surface area (Å²) in [5.41, 5.74) is 8.82. The molecule has 0 atom stereocenters. The molecular weight excluding hydrogens is 244 g/mol.